The maximum Gasteiger partial charge on any atom is 0.0706 e. The van der Waals surface area contributed by atoms with E-state index < -0.39 is 0 Å². The molecule has 0 fully saturated rings. The number of hydrogen-bond donors (Lipinski definition) is 0. The van der Waals surface area contributed by atoms with Crippen molar-refractivity contribution in [2.45, 2.75) is 32.2 Å². The first-order valence-corrected chi connectivity index (χ1v) is 8.44. The van der Waals surface area contributed by atoms with Gasteiger partial charge in [-0.3, -0.25) is 4.98 Å². The predicted octanol–water partition coefficient (Wildman–Crippen LogP) is 4.61. The average Bonchev–Trinajstić information content (AvgIpc) is 2.55. The lowest BCUT2D eigenvalue weighted by Crippen LogP contribution is -2.21. The van der Waals surface area contributed by atoms with E-state index in [4.69, 9.17) is 4.98 Å². The zero-order valence-corrected chi connectivity index (χ0v) is 15.1. The third-order valence-corrected chi connectivity index (χ3v) is 4.25. The van der Waals surface area contributed by atoms with Gasteiger partial charge in [0.25, 0.3) is 0 Å². The summed E-state index contributed by atoms with van der Waals surface area (Å²) < 4.78 is 0. The first-order valence-electron chi connectivity index (χ1n) is 8.44. The highest BCUT2D eigenvalue weighted by atomic mass is 15.1. The van der Waals surface area contributed by atoms with Crippen molar-refractivity contribution in [3.8, 4) is 11.3 Å². The van der Waals surface area contributed by atoms with Gasteiger partial charge in [-0.2, -0.15) is 0 Å². The molecule has 1 atom stereocenters. The Morgan fingerprint density at radius 2 is 1.65 bits per heavy atom. The van der Waals surface area contributed by atoms with Gasteiger partial charge in [-0.05, 0) is 44.8 Å². The molecule has 0 N–H and O–H groups in total. The van der Waals surface area contributed by atoms with Crippen molar-refractivity contribution < 1.29 is 0 Å². The lowest BCUT2D eigenvalue weighted by molar-refractivity contribution is 0.273. The Morgan fingerprint density at radius 1 is 0.957 bits per heavy atom. The summed E-state index contributed by atoms with van der Waals surface area (Å²) in [5.74, 6) is 0. The van der Waals surface area contributed by atoms with Crippen LogP contribution in [-0.4, -0.2) is 38.1 Å². The van der Waals surface area contributed by atoms with Crippen LogP contribution in [0.5, 0.6) is 0 Å². The molecule has 0 aliphatic heterocycles. The molecule has 2 aromatic rings. The summed E-state index contributed by atoms with van der Waals surface area (Å²) in [5.41, 5.74) is 4.60. The van der Waals surface area contributed by atoms with Crippen LogP contribution in [0.4, 0.5) is 5.69 Å². The van der Waals surface area contributed by atoms with Crippen LogP contribution in [0.15, 0.2) is 42.5 Å². The Bertz CT molecular complexity index is 603. The molecule has 0 saturated carbocycles. The van der Waals surface area contributed by atoms with Crippen molar-refractivity contribution in [3.63, 3.8) is 0 Å². The van der Waals surface area contributed by atoms with Crippen LogP contribution in [-0.2, 0) is 0 Å². The van der Waals surface area contributed by atoms with Crippen LogP contribution in [0.3, 0.4) is 0 Å². The molecule has 124 valence electrons. The summed E-state index contributed by atoms with van der Waals surface area (Å²) >= 11 is 0. The van der Waals surface area contributed by atoms with Gasteiger partial charge >= 0.3 is 0 Å². The van der Waals surface area contributed by atoms with Gasteiger partial charge in [0.05, 0.1) is 17.4 Å². The Labute approximate surface area is 141 Å². The zero-order chi connectivity index (χ0) is 16.8. The molecule has 0 saturated heterocycles. The monoisotopic (exact) mass is 311 g/mol. The first-order chi connectivity index (χ1) is 11.0. The third kappa shape index (κ3) is 4.55. The molecule has 1 unspecified atom stereocenters. The first kappa shape index (κ1) is 17.5. The van der Waals surface area contributed by atoms with Crippen molar-refractivity contribution in [3.05, 3.63) is 48.2 Å². The van der Waals surface area contributed by atoms with E-state index in [0.29, 0.717) is 6.04 Å². The van der Waals surface area contributed by atoms with E-state index in [9.17, 15) is 0 Å². The SMILES string of the molecule is CCCCC(c1cccc(-c2ccc(N(C)C)cc2)n1)N(C)C. The molecule has 1 heterocycles. The summed E-state index contributed by atoms with van der Waals surface area (Å²) in [7, 11) is 8.40. The molecular formula is C20H29N3. The van der Waals surface area contributed by atoms with Gasteiger partial charge in [0, 0.05) is 25.3 Å². The predicted molar refractivity (Wildman–Crippen MR) is 100.0 cm³/mol. The number of benzene rings is 1. The van der Waals surface area contributed by atoms with Crippen LogP contribution in [0.25, 0.3) is 11.3 Å². The number of anilines is 1. The van der Waals surface area contributed by atoms with Crippen molar-refractivity contribution in [1.82, 2.24) is 9.88 Å². The van der Waals surface area contributed by atoms with Crippen LogP contribution in [0.1, 0.15) is 37.9 Å². The fraction of sp³-hybridized carbons (Fsp3) is 0.450. The highest BCUT2D eigenvalue weighted by Crippen LogP contribution is 2.26. The number of pyridine rings is 1. The van der Waals surface area contributed by atoms with Crippen LogP contribution >= 0.6 is 0 Å². The number of nitrogens with zero attached hydrogens (tertiary/aromatic N) is 3. The van der Waals surface area contributed by atoms with Gasteiger partial charge in [-0.25, -0.2) is 0 Å². The Morgan fingerprint density at radius 3 is 2.22 bits per heavy atom. The van der Waals surface area contributed by atoms with Crippen LogP contribution in [0, 0.1) is 0 Å². The zero-order valence-electron chi connectivity index (χ0n) is 15.1. The lowest BCUT2D eigenvalue weighted by Gasteiger charge is -2.24. The highest BCUT2D eigenvalue weighted by Gasteiger charge is 2.15. The van der Waals surface area contributed by atoms with Crippen molar-refractivity contribution in [1.29, 1.82) is 0 Å². The normalized spacial score (nSPS) is 12.4. The highest BCUT2D eigenvalue weighted by molar-refractivity contribution is 5.63. The van der Waals surface area contributed by atoms with Gasteiger partial charge in [0.2, 0.25) is 0 Å². The quantitative estimate of drug-likeness (QED) is 0.744. The molecule has 0 aliphatic rings. The van der Waals surface area contributed by atoms with Crippen molar-refractivity contribution in [2.24, 2.45) is 0 Å². The second-order valence-electron chi connectivity index (χ2n) is 6.51. The Hall–Kier alpha value is -1.87. The van der Waals surface area contributed by atoms with E-state index in [2.05, 4.69) is 87.4 Å². The standard InChI is InChI=1S/C20H29N3/c1-6-7-11-20(23(4)5)19-10-8-9-18(21-19)16-12-14-17(15-13-16)22(2)3/h8-10,12-15,20H,6-7,11H2,1-5H3. The van der Waals surface area contributed by atoms with E-state index >= 15 is 0 Å². The fourth-order valence-corrected chi connectivity index (χ4v) is 2.80. The third-order valence-electron chi connectivity index (χ3n) is 4.25. The van der Waals surface area contributed by atoms with Gasteiger partial charge in [0.1, 0.15) is 0 Å². The molecule has 3 heteroatoms. The topological polar surface area (TPSA) is 19.4 Å². The van der Waals surface area contributed by atoms with Gasteiger partial charge in [-0.15, -0.1) is 0 Å². The maximum absolute atomic E-state index is 4.94. The molecule has 23 heavy (non-hydrogen) atoms. The minimum atomic E-state index is 0.385. The number of rotatable bonds is 7. The number of aromatic nitrogens is 1. The molecule has 1 aromatic heterocycles. The van der Waals surface area contributed by atoms with Crippen LogP contribution < -0.4 is 4.90 Å². The van der Waals surface area contributed by atoms with E-state index in [0.717, 1.165) is 17.8 Å². The molecule has 0 radical (unpaired) electrons. The van der Waals surface area contributed by atoms with E-state index in [1.165, 1.54) is 24.1 Å². The fourth-order valence-electron chi connectivity index (χ4n) is 2.80. The summed E-state index contributed by atoms with van der Waals surface area (Å²) in [5, 5.41) is 0. The van der Waals surface area contributed by atoms with Gasteiger partial charge < -0.3 is 9.80 Å². The maximum atomic E-state index is 4.94. The van der Waals surface area contributed by atoms with E-state index in [-0.39, 0.29) is 0 Å². The number of hydrogen-bond acceptors (Lipinski definition) is 3. The van der Waals surface area contributed by atoms with Gasteiger partial charge in [0.15, 0.2) is 0 Å². The summed E-state index contributed by atoms with van der Waals surface area (Å²) in [4.78, 5) is 9.32. The summed E-state index contributed by atoms with van der Waals surface area (Å²) in [6, 6.07) is 15.3. The minimum Gasteiger partial charge on any atom is -0.378 e. The molecule has 0 aliphatic carbocycles. The molecule has 1 aromatic carbocycles. The minimum absolute atomic E-state index is 0.385. The largest absolute Gasteiger partial charge is 0.378 e. The number of unbranched alkanes of at least 4 members (excludes halogenated alkanes) is 1. The van der Waals surface area contributed by atoms with Crippen molar-refractivity contribution >= 4 is 5.69 Å². The van der Waals surface area contributed by atoms with Crippen LogP contribution in [0.2, 0.25) is 0 Å². The molecular weight excluding hydrogens is 282 g/mol. The molecule has 0 spiro atoms. The Balaban J connectivity index is 2.27. The Kier molecular flexibility index (Phi) is 6.17. The van der Waals surface area contributed by atoms with Gasteiger partial charge in [-0.1, -0.05) is 38.0 Å². The molecule has 3 nitrogen and oxygen atoms in total. The second kappa shape index (κ2) is 8.11. The average molecular weight is 311 g/mol. The molecule has 2 rings (SSSR count). The van der Waals surface area contributed by atoms with E-state index in [1.807, 2.05) is 0 Å². The summed E-state index contributed by atoms with van der Waals surface area (Å²) in [6.45, 7) is 2.24. The molecule has 0 bridgehead atoms. The van der Waals surface area contributed by atoms with Crippen molar-refractivity contribution in [2.75, 3.05) is 33.1 Å². The summed E-state index contributed by atoms with van der Waals surface area (Å²) in [6.07, 6.45) is 3.60. The smallest absolute Gasteiger partial charge is 0.0706 e. The molecule has 0 amide bonds. The lowest BCUT2D eigenvalue weighted by atomic mass is 10.0. The second-order valence-corrected chi connectivity index (χ2v) is 6.51. The van der Waals surface area contributed by atoms with E-state index in [1.54, 1.807) is 0 Å².